The molecule has 7 nitrogen and oxygen atoms in total. The van der Waals surface area contributed by atoms with E-state index in [-0.39, 0.29) is 24.8 Å². The molecule has 2 aromatic carbocycles. The van der Waals surface area contributed by atoms with Gasteiger partial charge in [0.15, 0.2) is 11.5 Å². The number of nitrogens with zero attached hydrogens (tertiary/aromatic N) is 2. The molecule has 0 aliphatic carbocycles. The SMILES string of the molecule is Cc1cc(C)c(-c2ccc(=O)n(CC(=O)Nc3ccc4c(c3)OCO4)n2)cc1C. The van der Waals surface area contributed by atoms with Crippen LogP contribution in [0.25, 0.3) is 11.3 Å². The molecule has 2 heterocycles. The fraction of sp³-hybridized carbons (Fsp3) is 0.227. The van der Waals surface area contributed by atoms with E-state index in [2.05, 4.69) is 29.5 Å². The third-order valence-corrected chi connectivity index (χ3v) is 4.93. The predicted molar refractivity (Wildman–Crippen MR) is 109 cm³/mol. The minimum Gasteiger partial charge on any atom is -0.454 e. The maximum absolute atomic E-state index is 12.5. The van der Waals surface area contributed by atoms with Crippen molar-refractivity contribution in [2.45, 2.75) is 27.3 Å². The van der Waals surface area contributed by atoms with Crippen molar-refractivity contribution >= 4 is 11.6 Å². The number of carbonyl (C=O) groups is 1. The first-order valence-electron chi connectivity index (χ1n) is 9.26. The fourth-order valence-electron chi connectivity index (χ4n) is 3.25. The predicted octanol–water partition coefficient (Wildman–Crippen LogP) is 3.20. The smallest absolute Gasteiger partial charge is 0.267 e. The molecular formula is C22H21N3O4. The van der Waals surface area contributed by atoms with Crippen LogP contribution in [-0.4, -0.2) is 22.5 Å². The Morgan fingerprint density at radius 1 is 1.00 bits per heavy atom. The molecule has 0 spiro atoms. The molecule has 4 rings (SSSR count). The maximum Gasteiger partial charge on any atom is 0.267 e. The summed E-state index contributed by atoms with van der Waals surface area (Å²) < 4.78 is 11.7. The van der Waals surface area contributed by atoms with Gasteiger partial charge in [0.1, 0.15) is 6.54 Å². The van der Waals surface area contributed by atoms with Gasteiger partial charge in [-0.05, 0) is 61.7 Å². The number of aromatic nitrogens is 2. The van der Waals surface area contributed by atoms with Crippen LogP contribution < -0.4 is 20.3 Å². The molecule has 0 fully saturated rings. The first kappa shape index (κ1) is 18.7. The second-order valence-corrected chi connectivity index (χ2v) is 7.08. The highest BCUT2D eigenvalue weighted by atomic mass is 16.7. The summed E-state index contributed by atoms with van der Waals surface area (Å²) in [4.78, 5) is 24.7. The van der Waals surface area contributed by atoms with E-state index in [0.29, 0.717) is 22.9 Å². The van der Waals surface area contributed by atoms with E-state index < -0.39 is 0 Å². The molecule has 29 heavy (non-hydrogen) atoms. The molecule has 0 saturated heterocycles. The first-order valence-corrected chi connectivity index (χ1v) is 9.26. The number of anilines is 1. The Morgan fingerprint density at radius 3 is 2.59 bits per heavy atom. The lowest BCUT2D eigenvalue weighted by Gasteiger charge is -2.12. The standard InChI is InChI=1S/C22H21N3O4/c1-13-8-15(3)17(9-14(13)2)18-5-7-22(27)25(24-18)11-21(26)23-16-4-6-19-20(10-16)29-12-28-19/h4-10H,11-12H2,1-3H3,(H,23,26). The van der Waals surface area contributed by atoms with Crippen molar-refractivity contribution in [3.8, 4) is 22.8 Å². The molecule has 0 bridgehead atoms. The highest BCUT2D eigenvalue weighted by Gasteiger charge is 2.15. The number of nitrogens with one attached hydrogen (secondary N) is 1. The van der Waals surface area contributed by atoms with Crippen LogP contribution in [-0.2, 0) is 11.3 Å². The number of rotatable bonds is 4. The zero-order valence-corrected chi connectivity index (χ0v) is 16.5. The maximum atomic E-state index is 12.5. The Kier molecular flexibility index (Phi) is 4.80. The van der Waals surface area contributed by atoms with E-state index in [0.717, 1.165) is 16.7 Å². The summed E-state index contributed by atoms with van der Waals surface area (Å²) in [5.74, 6) is 0.857. The lowest BCUT2D eigenvalue weighted by atomic mass is 9.99. The monoisotopic (exact) mass is 391 g/mol. The number of amides is 1. The summed E-state index contributed by atoms with van der Waals surface area (Å²) in [5, 5.41) is 7.17. The van der Waals surface area contributed by atoms with Gasteiger partial charge in [-0.3, -0.25) is 9.59 Å². The van der Waals surface area contributed by atoms with Gasteiger partial charge in [-0.15, -0.1) is 0 Å². The Morgan fingerprint density at radius 2 is 1.76 bits per heavy atom. The molecule has 3 aromatic rings. The second-order valence-electron chi connectivity index (χ2n) is 7.08. The van der Waals surface area contributed by atoms with Gasteiger partial charge in [-0.1, -0.05) is 6.07 Å². The van der Waals surface area contributed by atoms with Crippen molar-refractivity contribution in [2.24, 2.45) is 0 Å². The zero-order chi connectivity index (χ0) is 20.5. The lowest BCUT2D eigenvalue weighted by molar-refractivity contribution is -0.117. The van der Waals surface area contributed by atoms with Crippen LogP contribution in [0.1, 0.15) is 16.7 Å². The highest BCUT2D eigenvalue weighted by molar-refractivity contribution is 5.90. The summed E-state index contributed by atoms with van der Waals surface area (Å²) in [6, 6.07) is 12.4. The van der Waals surface area contributed by atoms with E-state index in [1.165, 1.54) is 16.3 Å². The van der Waals surface area contributed by atoms with Crippen LogP contribution in [0.4, 0.5) is 5.69 Å². The van der Waals surface area contributed by atoms with E-state index in [9.17, 15) is 9.59 Å². The van der Waals surface area contributed by atoms with Crippen LogP contribution >= 0.6 is 0 Å². The van der Waals surface area contributed by atoms with Crippen LogP contribution in [0, 0.1) is 20.8 Å². The Bertz CT molecular complexity index is 1170. The first-order chi connectivity index (χ1) is 13.9. The molecule has 1 aliphatic rings. The molecule has 1 aliphatic heterocycles. The van der Waals surface area contributed by atoms with Crippen LogP contribution in [0.2, 0.25) is 0 Å². The summed E-state index contributed by atoms with van der Waals surface area (Å²) in [6.45, 7) is 6.07. The molecule has 148 valence electrons. The van der Waals surface area contributed by atoms with Crippen LogP contribution in [0.15, 0.2) is 47.3 Å². The number of ether oxygens (including phenoxy) is 2. The lowest BCUT2D eigenvalue weighted by Crippen LogP contribution is -2.29. The molecule has 1 aromatic heterocycles. The van der Waals surface area contributed by atoms with Gasteiger partial charge < -0.3 is 14.8 Å². The zero-order valence-electron chi connectivity index (χ0n) is 16.5. The molecule has 0 radical (unpaired) electrons. The van der Waals surface area contributed by atoms with E-state index in [1.54, 1.807) is 24.3 Å². The molecule has 0 unspecified atom stereocenters. The van der Waals surface area contributed by atoms with E-state index in [4.69, 9.17) is 9.47 Å². The van der Waals surface area contributed by atoms with Gasteiger partial charge in [0.25, 0.3) is 5.56 Å². The minimum absolute atomic E-state index is 0.163. The summed E-state index contributed by atoms with van der Waals surface area (Å²) >= 11 is 0. The largest absolute Gasteiger partial charge is 0.454 e. The highest BCUT2D eigenvalue weighted by Crippen LogP contribution is 2.34. The number of hydrogen-bond acceptors (Lipinski definition) is 5. The normalized spacial score (nSPS) is 12.1. The molecule has 1 N–H and O–H groups in total. The Balaban J connectivity index is 1.56. The van der Waals surface area contributed by atoms with Gasteiger partial charge in [0.2, 0.25) is 12.7 Å². The molecule has 0 saturated carbocycles. The number of carbonyl (C=O) groups excluding carboxylic acids is 1. The molecule has 1 amide bonds. The quantitative estimate of drug-likeness (QED) is 0.739. The second kappa shape index (κ2) is 7.43. The molecular weight excluding hydrogens is 370 g/mol. The number of hydrogen-bond donors (Lipinski definition) is 1. The average molecular weight is 391 g/mol. The Labute approximate surface area is 167 Å². The number of aryl methyl sites for hydroxylation is 3. The van der Waals surface area contributed by atoms with Crippen molar-refractivity contribution in [2.75, 3.05) is 12.1 Å². The van der Waals surface area contributed by atoms with Crippen molar-refractivity contribution in [1.82, 2.24) is 9.78 Å². The molecule has 7 heteroatoms. The van der Waals surface area contributed by atoms with Crippen molar-refractivity contribution < 1.29 is 14.3 Å². The van der Waals surface area contributed by atoms with Gasteiger partial charge >= 0.3 is 0 Å². The third-order valence-electron chi connectivity index (χ3n) is 4.93. The van der Waals surface area contributed by atoms with Crippen molar-refractivity contribution in [3.05, 3.63) is 69.5 Å². The topological polar surface area (TPSA) is 82.5 Å². The number of benzene rings is 2. The Hall–Kier alpha value is -3.61. The average Bonchev–Trinajstić information content (AvgIpc) is 3.14. The summed E-state index contributed by atoms with van der Waals surface area (Å²) in [6.07, 6.45) is 0. The van der Waals surface area contributed by atoms with Gasteiger partial charge in [0, 0.05) is 23.4 Å². The van der Waals surface area contributed by atoms with Crippen LogP contribution in [0.5, 0.6) is 11.5 Å². The minimum atomic E-state index is -0.354. The molecule has 0 atom stereocenters. The van der Waals surface area contributed by atoms with Crippen molar-refractivity contribution in [3.63, 3.8) is 0 Å². The van der Waals surface area contributed by atoms with E-state index in [1.807, 2.05) is 13.8 Å². The van der Waals surface area contributed by atoms with Crippen molar-refractivity contribution in [1.29, 1.82) is 0 Å². The van der Waals surface area contributed by atoms with Gasteiger partial charge in [0.05, 0.1) is 5.69 Å². The fourth-order valence-corrected chi connectivity index (χ4v) is 3.25. The summed E-state index contributed by atoms with van der Waals surface area (Å²) in [7, 11) is 0. The van der Waals surface area contributed by atoms with E-state index >= 15 is 0 Å². The van der Waals surface area contributed by atoms with Gasteiger partial charge in [-0.2, -0.15) is 5.10 Å². The summed E-state index contributed by atoms with van der Waals surface area (Å²) in [5.41, 5.74) is 5.23. The van der Waals surface area contributed by atoms with Gasteiger partial charge in [-0.25, -0.2) is 4.68 Å². The van der Waals surface area contributed by atoms with Crippen LogP contribution in [0.3, 0.4) is 0 Å². The third kappa shape index (κ3) is 3.85. The number of fused-ring (bicyclic) bond motifs is 1.